The number of urea groups is 1. The van der Waals surface area contributed by atoms with Gasteiger partial charge in [-0.05, 0) is 12.8 Å². The number of benzene rings is 1. The van der Waals surface area contributed by atoms with Crippen LogP contribution in [0.4, 0.5) is 4.79 Å². The van der Waals surface area contributed by atoms with Crippen molar-refractivity contribution in [2.75, 3.05) is 6.54 Å². The van der Waals surface area contributed by atoms with Gasteiger partial charge in [0, 0.05) is 25.2 Å². The summed E-state index contributed by atoms with van der Waals surface area (Å²) in [4.78, 5) is 24.2. The smallest absolute Gasteiger partial charge is 0.336 e. The van der Waals surface area contributed by atoms with Crippen molar-refractivity contribution in [1.82, 2.24) is 25.0 Å². The molecule has 1 heterocycles. The zero-order valence-electron chi connectivity index (χ0n) is 14.6. The highest BCUT2D eigenvalue weighted by atomic mass is 16.2. The van der Waals surface area contributed by atoms with Gasteiger partial charge in [-0.3, -0.25) is 4.57 Å². The summed E-state index contributed by atoms with van der Waals surface area (Å²) in [5.41, 5.74) is 0.706. The summed E-state index contributed by atoms with van der Waals surface area (Å²) in [7, 11) is 1.71. The van der Waals surface area contributed by atoms with Gasteiger partial charge in [-0.25, -0.2) is 14.3 Å². The molecule has 25 heavy (non-hydrogen) atoms. The number of amides is 2. The maximum absolute atomic E-state index is 12.3. The molecule has 0 aliphatic heterocycles. The summed E-state index contributed by atoms with van der Waals surface area (Å²) in [6.07, 6.45) is 5.71. The van der Waals surface area contributed by atoms with Gasteiger partial charge in [0.05, 0.1) is 6.54 Å². The molecule has 0 saturated heterocycles. The Morgan fingerprint density at radius 1 is 1.20 bits per heavy atom. The molecule has 2 aromatic rings. The van der Waals surface area contributed by atoms with Crippen molar-refractivity contribution in [3.05, 3.63) is 40.8 Å². The van der Waals surface area contributed by atoms with Gasteiger partial charge in [-0.1, -0.05) is 49.6 Å². The molecule has 0 atom stereocenters. The first-order valence-electron chi connectivity index (χ1n) is 8.89. The maximum atomic E-state index is 12.3. The Morgan fingerprint density at radius 2 is 1.92 bits per heavy atom. The Morgan fingerprint density at radius 3 is 2.64 bits per heavy atom. The van der Waals surface area contributed by atoms with E-state index in [2.05, 4.69) is 15.7 Å². The lowest BCUT2D eigenvalue weighted by atomic mass is 9.96. The van der Waals surface area contributed by atoms with E-state index in [-0.39, 0.29) is 17.8 Å². The first-order chi connectivity index (χ1) is 12.1. The van der Waals surface area contributed by atoms with E-state index < -0.39 is 0 Å². The number of hydrogen-bond donors (Lipinski definition) is 2. The fraction of sp³-hybridized carbons (Fsp3) is 0.500. The van der Waals surface area contributed by atoms with E-state index in [1.165, 1.54) is 28.5 Å². The van der Waals surface area contributed by atoms with Crippen LogP contribution in [-0.2, 0) is 13.6 Å². The number of nitrogens with zero attached hydrogens (tertiary/aromatic N) is 3. The van der Waals surface area contributed by atoms with Crippen molar-refractivity contribution in [2.45, 2.75) is 44.7 Å². The molecule has 1 aliphatic rings. The summed E-state index contributed by atoms with van der Waals surface area (Å²) >= 11 is 0. The molecule has 134 valence electrons. The van der Waals surface area contributed by atoms with Crippen molar-refractivity contribution in [2.24, 2.45) is 7.05 Å². The lowest BCUT2D eigenvalue weighted by Gasteiger charge is -2.22. The third kappa shape index (κ3) is 4.29. The Bertz CT molecular complexity index is 760. The second-order valence-corrected chi connectivity index (χ2v) is 6.49. The van der Waals surface area contributed by atoms with Crippen LogP contribution in [0.25, 0.3) is 11.4 Å². The molecule has 2 amide bonds. The van der Waals surface area contributed by atoms with Gasteiger partial charge in [0.25, 0.3) is 0 Å². The molecule has 0 bridgehead atoms. The van der Waals surface area contributed by atoms with Gasteiger partial charge in [0.15, 0.2) is 5.82 Å². The van der Waals surface area contributed by atoms with Crippen LogP contribution in [0.1, 0.15) is 32.1 Å². The number of carbonyl (C=O) groups is 1. The fourth-order valence-corrected chi connectivity index (χ4v) is 3.23. The summed E-state index contributed by atoms with van der Waals surface area (Å²) in [6, 6.07) is 9.69. The van der Waals surface area contributed by atoms with Crippen LogP contribution >= 0.6 is 0 Å². The Balaban J connectivity index is 1.55. The van der Waals surface area contributed by atoms with Crippen LogP contribution in [0.5, 0.6) is 0 Å². The first kappa shape index (κ1) is 17.3. The Hall–Kier alpha value is -2.57. The van der Waals surface area contributed by atoms with Crippen molar-refractivity contribution in [3.63, 3.8) is 0 Å². The van der Waals surface area contributed by atoms with Crippen molar-refractivity contribution in [1.29, 1.82) is 0 Å². The molecule has 0 unspecified atom stereocenters. The van der Waals surface area contributed by atoms with E-state index in [9.17, 15) is 9.59 Å². The Kier molecular flexibility index (Phi) is 5.53. The maximum Gasteiger partial charge on any atom is 0.345 e. The third-order valence-corrected chi connectivity index (χ3v) is 4.62. The topological polar surface area (TPSA) is 81.0 Å². The third-order valence-electron chi connectivity index (χ3n) is 4.62. The number of aromatic nitrogens is 3. The van der Waals surface area contributed by atoms with Crippen molar-refractivity contribution < 1.29 is 4.79 Å². The molecule has 7 heteroatoms. The standard InChI is InChI=1S/C18H25N5O2/c1-22-16(14-8-4-2-5-9-14)21-23(18(22)25)13-12-19-17(24)20-15-10-6-3-7-11-15/h2,4-5,8-9,15H,3,6-7,10-13H2,1H3,(H2,19,20,24). The molecule has 1 aromatic carbocycles. The van der Waals surface area contributed by atoms with E-state index in [0.717, 1.165) is 18.4 Å². The normalized spacial score (nSPS) is 15.1. The van der Waals surface area contributed by atoms with E-state index in [1.54, 1.807) is 7.05 Å². The van der Waals surface area contributed by atoms with E-state index in [1.807, 2.05) is 30.3 Å². The molecule has 7 nitrogen and oxygen atoms in total. The number of rotatable bonds is 5. The molecule has 0 radical (unpaired) electrons. The van der Waals surface area contributed by atoms with Gasteiger partial charge in [-0.15, -0.1) is 5.10 Å². The monoisotopic (exact) mass is 343 g/mol. The number of hydrogen-bond acceptors (Lipinski definition) is 3. The lowest BCUT2D eigenvalue weighted by molar-refractivity contribution is 0.232. The number of carbonyl (C=O) groups excluding carboxylic acids is 1. The van der Waals surface area contributed by atoms with Crippen molar-refractivity contribution in [3.8, 4) is 11.4 Å². The van der Waals surface area contributed by atoms with Crippen molar-refractivity contribution >= 4 is 6.03 Å². The van der Waals surface area contributed by atoms with E-state index >= 15 is 0 Å². The van der Waals surface area contributed by atoms with Gasteiger partial charge in [0.2, 0.25) is 0 Å². The molecule has 2 N–H and O–H groups in total. The summed E-state index contributed by atoms with van der Waals surface area (Å²) < 4.78 is 2.92. The molecule has 1 saturated carbocycles. The lowest BCUT2D eigenvalue weighted by Crippen LogP contribution is -2.44. The van der Waals surface area contributed by atoms with Crippen LogP contribution in [0, 0.1) is 0 Å². The summed E-state index contributed by atoms with van der Waals surface area (Å²) in [6.45, 7) is 0.710. The average Bonchev–Trinajstić information content (AvgIpc) is 2.92. The summed E-state index contributed by atoms with van der Waals surface area (Å²) in [5.74, 6) is 0.622. The minimum absolute atomic E-state index is 0.167. The van der Waals surface area contributed by atoms with Crippen LogP contribution in [0.15, 0.2) is 35.1 Å². The van der Waals surface area contributed by atoms with Gasteiger partial charge >= 0.3 is 11.7 Å². The van der Waals surface area contributed by atoms with Gasteiger partial charge < -0.3 is 10.6 Å². The van der Waals surface area contributed by atoms with E-state index in [4.69, 9.17) is 0 Å². The highest BCUT2D eigenvalue weighted by Gasteiger charge is 2.16. The second kappa shape index (κ2) is 8.00. The molecule has 1 aliphatic carbocycles. The van der Waals surface area contributed by atoms with Crippen LogP contribution in [0.2, 0.25) is 0 Å². The predicted octanol–water partition coefficient (Wildman–Crippen LogP) is 1.88. The van der Waals surface area contributed by atoms with Crippen LogP contribution in [0.3, 0.4) is 0 Å². The minimum Gasteiger partial charge on any atom is -0.336 e. The minimum atomic E-state index is -0.187. The van der Waals surface area contributed by atoms with Gasteiger partial charge in [-0.2, -0.15) is 0 Å². The number of nitrogens with one attached hydrogen (secondary N) is 2. The zero-order valence-corrected chi connectivity index (χ0v) is 14.6. The second-order valence-electron chi connectivity index (χ2n) is 6.49. The summed E-state index contributed by atoms with van der Waals surface area (Å²) in [5, 5.41) is 10.2. The van der Waals surface area contributed by atoms with Crippen LogP contribution in [-0.4, -0.2) is 33.0 Å². The first-order valence-corrected chi connectivity index (χ1v) is 8.89. The molecular weight excluding hydrogens is 318 g/mol. The fourth-order valence-electron chi connectivity index (χ4n) is 3.23. The Labute approximate surface area is 147 Å². The molecular formula is C18H25N5O2. The van der Waals surface area contributed by atoms with E-state index in [0.29, 0.717) is 18.9 Å². The highest BCUT2D eigenvalue weighted by Crippen LogP contribution is 2.17. The van der Waals surface area contributed by atoms with Crippen LogP contribution < -0.4 is 16.3 Å². The highest BCUT2D eigenvalue weighted by molar-refractivity contribution is 5.74. The molecule has 1 aromatic heterocycles. The largest absolute Gasteiger partial charge is 0.345 e. The molecule has 1 fully saturated rings. The average molecular weight is 343 g/mol. The molecule has 0 spiro atoms. The van der Waals surface area contributed by atoms with Gasteiger partial charge in [0.1, 0.15) is 0 Å². The molecule has 3 rings (SSSR count). The predicted molar refractivity (Wildman–Crippen MR) is 96.3 cm³/mol. The SMILES string of the molecule is Cn1c(-c2ccccc2)nn(CCNC(=O)NC2CCCCC2)c1=O. The zero-order chi connectivity index (χ0) is 17.6. The quantitative estimate of drug-likeness (QED) is 0.870.